The summed E-state index contributed by atoms with van der Waals surface area (Å²) in [4.78, 5) is 17.1. The predicted molar refractivity (Wildman–Crippen MR) is 52.8 cm³/mol. The molecule has 0 saturated carbocycles. The van der Waals surface area contributed by atoms with Crippen LogP contribution in [0.5, 0.6) is 0 Å². The molecule has 1 N–H and O–H groups in total. The second-order valence-corrected chi connectivity index (χ2v) is 3.28. The molecule has 1 aliphatic rings. The molecule has 1 amide bonds. The van der Waals surface area contributed by atoms with Crippen LogP contribution in [-0.2, 0) is 4.79 Å². The third kappa shape index (κ3) is 3.44. The average molecular weight is 183 g/mol. The first-order valence-electron chi connectivity index (χ1n) is 4.74. The minimum atomic E-state index is 0.0364. The topological polar surface area (TPSA) is 44.7 Å². The summed E-state index contributed by atoms with van der Waals surface area (Å²) in [6.07, 6.45) is 2.84. The number of hydrogen-bond donors (Lipinski definition) is 1. The molecule has 0 aromatic carbocycles. The van der Waals surface area contributed by atoms with Gasteiger partial charge in [0.05, 0.1) is 12.4 Å². The van der Waals surface area contributed by atoms with Crippen LogP contribution in [0.3, 0.4) is 0 Å². The molecular weight excluding hydrogens is 166 g/mol. The molecule has 0 aromatic rings. The van der Waals surface area contributed by atoms with Crippen molar-refractivity contribution in [1.82, 2.24) is 10.2 Å². The van der Waals surface area contributed by atoms with E-state index >= 15 is 0 Å². The molecule has 4 nitrogen and oxygen atoms in total. The van der Waals surface area contributed by atoms with Gasteiger partial charge in [0.15, 0.2) is 0 Å². The zero-order valence-corrected chi connectivity index (χ0v) is 8.29. The number of nitrogens with one attached hydrogen (secondary N) is 1. The van der Waals surface area contributed by atoms with Crippen molar-refractivity contribution in [3.05, 3.63) is 0 Å². The zero-order valence-electron chi connectivity index (χ0n) is 8.29. The number of likely N-dealkylation sites (N-methyl/N-ethyl adjacent to an activating group) is 1. The van der Waals surface area contributed by atoms with Crippen LogP contribution < -0.4 is 5.32 Å². The van der Waals surface area contributed by atoms with Crippen molar-refractivity contribution in [1.29, 1.82) is 0 Å². The average Bonchev–Trinajstić information content (AvgIpc) is 2.52. The highest BCUT2D eigenvalue weighted by molar-refractivity contribution is 5.72. The number of aliphatic imine (C=N–C) groups is 1. The molecule has 1 heterocycles. The summed E-state index contributed by atoms with van der Waals surface area (Å²) < 4.78 is 0. The number of nitrogens with zero attached hydrogens (tertiary/aromatic N) is 2. The lowest BCUT2D eigenvalue weighted by Gasteiger charge is -2.13. The van der Waals surface area contributed by atoms with Gasteiger partial charge in [-0.05, 0) is 13.3 Å². The fourth-order valence-corrected chi connectivity index (χ4v) is 1.34. The maximum atomic E-state index is 10.6. The zero-order chi connectivity index (χ0) is 9.68. The number of hydrogen-bond acceptors (Lipinski definition) is 3. The molecule has 0 saturated heterocycles. The maximum absolute atomic E-state index is 10.6. The van der Waals surface area contributed by atoms with Gasteiger partial charge in [0, 0.05) is 26.6 Å². The Hall–Kier alpha value is -1.06. The second-order valence-electron chi connectivity index (χ2n) is 3.28. The Labute approximate surface area is 79.0 Å². The first-order valence-corrected chi connectivity index (χ1v) is 4.74. The van der Waals surface area contributed by atoms with Crippen LogP contribution in [0.15, 0.2) is 4.99 Å². The minimum absolute atomic E-state index is 0.0364. The molecular formula is C9H17N3O. The molecule has 1 aliphatic heterocycles. The highest BCUT2D eigenvalue weighted by Gasteiger charge is 2.14. The van der Waals surface area contributed by atoms with E-state index in [1.165, 1.54) is 6.92 Å². The van der Waals surface area contributed by atoms with Crippen molar-refractivity contribution < 1.29 is 4.79 Å². The Kier molecular flexibility index (Phi) is 3.73. The van der Waals surface area contributed by atoms with Crippen LogP contribution in [0.4, 0.5) is 0 Å². The van der Waals surface area contributed by atoms with Crippen molar-refractivity contribution >= 4 is 12.2 Å². The molecule has 1 unspecified atom stereocenters. The lowest BCUT2D eigenvalue weighted by molar-refractivity contribution is -0.118. The molecule has 0 aliphatic carbocycles. The third-order valence-corrected chi connectivity index (χ3v) is 2.14. The van der Waals surface area contributed by atoms with E-state index < -0.39 is 0 Å². The molecule has 0 bridgehead atoms. The fraction of sp³-hybridized carbons (Fsp3) is 0.778. The van der Waals surface area contributed by atoms with E-state index in [0.29, 0.717) is 6.04 Å². The summed E-state index contributed by atoms with van der Waals surface area (Å²) in [6.45, 7) is 6.39. The van der Waals surface area contributed by atoms with Crippen LogP contribution in [0.1, 0.15) is 20.3 Å². The molecule has 1 atom stereocenters. The Morgan fingerprint density at radius 3 is 3.08 bits per heavy atom. The van der Waals surface area contributed by atoms with Gasteiger partial charge >= 0.3 is 0 Å². The third-order valence-electron chi connectivity index (χ3n) is 2.14. The van der Waals surface area contributed by atoms with Crippen LogP contribution in [-0.4, -0.2) is 42.8 Å². The first kappa shape index (κ1) is 10.0. The lowest BCUT2D eigenvalue weighted by atomic mass is 10.2. The Morgan fingerprint density at radius 1 is 1.77 bits per heavy atom. The van der Waals surface area contributed by atoms with Crippen LogP contribution in [0.25, 0.3) is 0 Å². The first-order chi connectivity index (χ1) is 6.22. The summed E-state index contributed by atoms with van der Waals surface area (Å²) in [5.74, 6) is 0.0364. The van der Waals surface area contributed by atoms with E-state index in [9.17, 15) is 4.79 Å². The summed E-state index contributed by atoms with van der Waals surface area (Å²) in [5.41, 5.74) is 0. The van der Waals surface area contributed by atoms with Gasteiger partial charge in [-0.1, -0.05) is 0 Å². The number of carbonyl (C=O) groups is 1. The fourth-order valence-electron chi connectivity index (χ4n) is 1.34. The highest BCUT2D eigenvalue weighted by Crippen LogP contribution is 2.05. The minimum Gasteiger partial charge on any atom is -0.361 e. The number of amides is 1. The molecule has 13 heavy (non-hydrogen) atoms. The number of carbonyl (C=O) groups excluding carboxylic acids is 1. The summed E-state index contributed by atoms with van der Waals surface area (Å²) >= 11 is 0. The van der Waals surface area contributed by atoms with Gasteiger partial charge in [0.1, 0.15) is 0 Å². The Bertz CT molecular complexity index is 203. The van der Waals surface area contributed by atoms with Crippen molar-refractivity contribution in [3.63, 3.8) is 0 Å². The normalized spacial score (nSPS) is 20.8. The standard InChI is InChI=1S/C9H17N3O/c1-3-12-6-9(11-7-12)4-5-10-8(2)13/h7,9H,3-6H2,1-2H3,(H,10,13). The van der Waals surface area contributed by atoms with E-state index in [-0.39, 0.29) is 5.91 Å². The SMILES string of the molecule is CCN1C=NC(CCNC(C)=O)C1. The molecule has 0 aromatic heterocycles. The summed E-state index contributed by atoms with van der Waals surface area (Å²) in [5, 5.41) is 2.77. The largest absolute Gasteiger partial charge is 0.361 e. The molecule has 4 heteroatoms. The maximum Gasteiger partial charge on any atom is 0.216 e. The van der Waals surface area contributed by atoms with Crippen molar-refractivity contribution in [2.75, 3.05) is 19.6 Å². The van der Waals surface area contributed by atoms with E-state index in [0.717, 1.165) is 26.1 Å². The molecule has 1 rings (SSSR count). The van der Waals surface area contributed by atoms with Gasteiger partial charge in [-0.3, -0.25) is 9.79 Å². The van der Waals surface area contributed by atoms with E-state index in [1.807, 2.05) is 6.34 Å². The van der Waals surface area contributed by atoms with Gasteiger partial charge in [-0.15, -0.1) is 0 Å². The molecule has 74 valence electrons. The smallest absolute Gasteiger partial charge is 0.216 e. The summed E-state index contributed by atoms with van der Waals surface area (Å²) in [7, 11) is 0. The van der Waals surface area contributed by atoms with Gasteiger partial charge in [0.2, 0.25) is 5.91 Å². The quantitative estimate of drug-likeness (QED) is 0.679. The predicted octanol–water partition coefficient (Wildman–Crippen LogP) is 0.245. The molecule has 0 radical (unpaired) electrons. The van der Waals surface area contributed by atoms with Crippen molar-refractivity contribution in [2.45, 2.75) is 26.3 Å². The van der Waals surface area contributed by atoms with Gasteiger partial charge in [0.25, 0.3) is 0 Å². The van der Waals surface area contributed by atoms with Gasteiger partial charge < -0.3 is 10.2 Å². The number of rotatable bonds is 4. The van der Waals surface area contributed by atoms with Gasteiger partial charge in [-0.25, -0.2) is 0 Å². The lowest BCUT2D eigenvalue weighted by Crippen LogP contribution is -2.27. The second kappa shape index (κ2) is 4.84. The van der Waals surface area contributed by atoms with Crippen molar-refractivity contribution in [3.8, 4) is 0 Å². The monoisotopic (exact) mass is 183 g/mol. The highest BCUT2D eigenvalue weighted by atomic mass is 16.1. The van der Waals surface area contributed by atoms with E-state index in [2.05, 4.69) is 22.1 Å². The Balaban J connectivity index is 2.11. The Morgan fingerprint density at radius 2 is 2.54 bits per heavy atom. The van der Waals surface area contributed by atoms with Crippen molar-refractivity contribution in [2.24, 2.45) is 4.99 Å². The van der Waals surface area contributed by atoms with E-state index in [1.54, 1.807) is 0 Å². The van der Waals surface area contributed by atoms with Crippen LogP contribution in [0.2, 0.25) is 0 Å². The molecule has 0 fully saturated rings. The molecule has 0 spiro atoms. The van der Waals surface area contributed by atoms with Crippen LogP contribution in [0, 0.1) is 0 Å². The van der Waals surface area contributed by atoms with E-state index in [4.69, 9.17) is 0 Å². The van der Waals surface area contributed by atoms with Gasteiger partial charge in [-0.2, -0.15) is 0 Å². The van der Waals surface area contributed by atoms with Crippen LogP contribution >= 0.6 is 0 Å². The summed E-state index contributed by atoms with van der Waals surface area (Å²) in [6, 6.07) is 0.367.